The van der Waals surface area contributed by atoms with Gasteiger partial charge in [-0.05, 0) is 43.9 Å². The Morgan fingerprint density at radius 1 is 1.33 bits per heavy atom. The number of hydrogen-bond acceptors (Lipinski definition) is 4. The van der Waals surface area contributed by atoms with Crippen LogP contribution < -0.4 is 4.90 Å². The molecule has 1 aromatic heterocycles. The van der Waals surface area contributed by atoms with E-state index in [1.807, 2.05) is 0 Å². The maximum absolute atomic E-state index is 14.1. The topological polar surface area (TPSA) is 53.5 Å². The summed E-state index contributed by atoms with van der Waals surface area (Å²) in [6.07, 6.45) is 5.46. The largest absolute Gasteiger partial charge is 0.339 e. The number of nitrogens with zero attached hydrogens (tertiary/aromatic N) is 3. The molecule has 1 aromatic carbocycles. The summed E-state index contributed by atoms with van der Waals surface area (Å²) in [5, 5.41) is 2.10. The van der Waals surface area contributed by atoms with Gasteiger partial charge < -0.3 is 4.90 Å². The Kier molecular flexibility index (Phi) is 5.70. The van der Waals surface area contributed by atoms with Crippen molar-refractivity contribution in [1.82, 2.24) is 9.88 Å². The number of likely N-dealkylation sites (N-methyl/N-ethyl adjacent to an activating group) is 1. The van der Waals surface area contributed by atoms with Gasteiger partial charge in [0.15, 0.2) is 5.13 Å². The molecule has 3 rings (SSSR count). The van der Waals surface area contributed by atoms with Crippen LogP contribution in [0.15, 0.2) is 35.7 Å². The number of anilines is 2. The Morgan fingerprint density at radius 2 is 2.04 bits per heavy atom. The van der Waals surface area contributed by atoms with E-state index in [-0.39, 0.29) is 23.5 Å². The SMILES string of the molecule is CC(=O)N(c1nc(/C=C/C(=O)N(C)C(C)C2CC2)cs1)c1ccccc1F. The van der Waals surface area contributed by atoms with Gasteiger partial charge in [0.2, 0.25) is 11.8 Å². The molecule has 1 saturated carbocycles. The number of aromatic nitrogens is 1. The molecule has 1 atom stereocenters. The number of benzene rings is 1. The molecule has 27 heavy (non-hydrogen) atoms. The molecule has 0 N–H and O–H groups in total. The summed E-state index contributed by atoms with van der Waals surface area (Å²) in [6, 6.07) is 6.29. The molecule has 5 nitrogen and oxygen atoms in total. The number of rotatable bonds is 6. The van der Waals surface area contributed by atoms with E-state index in [0.29, 0.717) is 16.7 Å². The van der Waals surface area contributed by atoms with Crippen molar-refractivity contribution < 1.29 is 14.0 Å². The molecular weight excluding hydrogens is 365 g/mol. The molecule has 0 spiro atoms. The van der Waals surface area contributed by atoms with E-state index in [1.54, 1.807) is 35.5 Å². The van der Waals surface area contributed by atoms with Crippen LogP contribution in [0.5, 0.6) is 0 Å². The van der Waals surface area contributed by atoms with Gasteiger partial charge >= 0.3 is 0 Å². The van der Waals surface area contributed by atoms with E-state index in [4.69, 9.17) is 0 Å². The van der Waals surface area contributed by atoms with Gasteiger partial charge in [0.05, 0.1) is 11.4 Å². The monoisotopic (exact) mass is 387 g/mol. The van der Waals surface area contributed by atoms with E-state index in [1.165, 1.54) is 54.2 Å². The van der Waals surface area contributed by atoms with Gasteiger partial charge in [-0.3, -0.25) is 14.5 Å². The van der Waals surface area contributed by atoms with Crippen LogP contribution in [-0.4, -0.2) is 34.8 Å². The van der Waals surface area contributed by atoms with Crippen LogP contribution in [0, 0.1) is 11.7 Å². The Morgan fingerprint density at radius 3 is 2.67 bits per heavy atom. The van der Waals surface area contributed by atoms with Crippen LogP contribution in [0.2, 0.25) is 0 Å². The highest BCUT2D eigenvalue weighted by Crippen LogP contribution is 2.35. The van der Waals surface area contributed by atoms with Gasteiger partial charge in [0, 0.05) is 31.5 Å². The van der Waals surface area contributed by atoms with Crippen molar-refractivity contribution in [1.29, 1.82) is 0 Å². The first kappa shape index (κ1) is 19.2. The third-order valence-electron chi connectivity index (χ3n) is 4.77. The number of carbonyl (C=O) groups excluding carboxylic acids is 2. The zero-order valence-corrected chi connectivity index (χ0v) is 16.4. The van der Waals surface area contributed by atoms with Crippen LogP contribution >= 0.6 is 11.3 Å². The second-order valence-electron chi connectivity index (χ2n) is 6.72. The second-order valence-corrected chi connectivity index (χ2v) is 7.56. The van der Waals surface area contributed by atoms with Gasteiger partial charge in [-0.15, -0.1) is 11.3 Å². The van der Waals surface area contributed by atoms with Crippen molar-refractivity contribution in [2.24, 2.45) is 5.92 Å². The number of hydrogen-bond donors (Lipinski definition) is 0. The van der Waals surface area contributed by atoms with Gasteiger partial charge in [-0.25, -0.2) is 9.37 Å². The van der Waals surface area contributed by atoms with Gasteiger partial charge in [-0.1, -0.05) is 12.1 Å². The quantitative estimate of drug-likeness (QED) is 0.697. The van der Waals surface area contributed by atoms with Gasteiger partial charge in [0.25, 0.3) is 0 Å². The van der Waals surface area contributed by atoms with Crippen LogP contribution in [0.1, 0.15) is 32.4 Å². The van der Waals surface area contributed by atoms with Crippen LogP contribution in [0.4, 0.5) is 15.2 Å². The minimum Gasteiger partial charge on any atom is -0.339 e. The third-order valence-corrected chi connectivity index (χ3v) is 5.61. The molecule has 1 heterocycles. The Balaban J connectivity index is 1.76. The zero-order valence-electron chi connectivity index (χ0n) is 15.6. The van der Waals surface area contributed by atoms with Crippen molar-refractivity contribution in [3.63, 3.8) is 0 Å². The molecule has 2 aromatic rings. The smallest absolute Gasteiger partial charge is 0.246 e. The summed E-state index contributed by atoms with van der Waals surface area (Å²) in [6.45, 7) is 3.42. The number of carbonyl (C=O) groups is 2. The van der Waals surface area contributed by atoms with E-state index in [2.05, 4.69) is 11.9 Å². The minimum absolute atomic E-state index is 0.0820. The van der Waals surface area contributed by atoms with Crippen LogP contribution in [0.3, 0.4) is 0 Å². The first-order valence-electron chi connectivity index (χ1n) is 8.84. The molecule has 1 aliphatic carbocycles. The van der Waals surface area contributed by atoms with Gasteiger partial charge in [0.1, 0.15) is 5.82 Å². The molecule has 142 valence electrons. The molecule has 0 radical (unpaired) electrons. The second kappa shape index (κ2) is 8.00. The summed E-state index contributed by atoms with van der Waals surface area (Å²) in [5.74, 6) is -0.311. The fourth-order valence-corrected chi connectivity index (χ4v) is 3.71. The average molecular weight is 387 g/mol. The highest BCUT2D eigenvalue weighted by molar-refractivity contribution is 7.14. The molecule has 2 amide bonds. The number of amides is 2. The first-order chi connectivity index (χ1) is 12.9. The Labute approximate surface area is 162 Å². The van der Waals surface area contributed by atoms with Crippen molar-refractivity contribution in [3.05, 3.63) is 47.2 Å². The predicted octanol–water partition coefficient (Wildman–Crippen LogP) is 4.24. The summed E-state index contributed by atoms with van der Waals surface area (Å²) in [4.78, 5) is 31.7. The van der Waals surface area contributed by atoms with Crippen molar-refractivity contribution in [2.75, 3.05) is 11.9 Å². The fraction of sp³-hybridized carbons (Fsp3) is 0.350. The standard InChI is InChI=1S/C20H22FN3O2S/c1-13(15-8-9-15)23(3)19(26)11-10-16-12-27-20(22-16)24(14(2)25)18-7-5-4-6-17(18)21/h4-7,10-13,15H,8-9H2,1-3H3/b11-10+. The Hall–Kier alpha value is -2.54. The van der Waals surface area contributed by atoms with E-state index < -0.39 is 5.82 Å². The third kappa shape index (κ3) is 4.42. The zero-order chi connectivity index (χ0) is 19.6. The van der Waals surface area contributed by atoms with Crippen LogP contribution in [0.25, 0.3) is 6.08 Å². The van der Waals surface area contributed by atoms with Crippen molar-refractivity contribution >= 4 is 40.0 Å². The predicted molar refractivity (Wildman–Crippen MR) is 105 cm³/mol. The lowest BCUT2D eigenvalue weighted by Crippen LogP contribution is -2.35. The normalized spacial score (nSPS) is 15.0. The molecule has 0 aliphatic heterocycles. The summed E-state index contributed by atoms with van der Waals surface area (Å²) in [7, 11) is 1.80. The maximum atomic E-state index is 14.1. The van der Waals surface area contributed by atoms with Crippen LogP contribution in [-0.2, 0) is 9.59 Å². The number of para-hydroxylation sites is 1. The van der Waals surface area contributed by atoms with Gasteiger partial charge in [-0.2, -0.15) is 0 Å². The highest BCUT2D eigenvalue weighted by atomic mass is 32.1. The number of halogens is 1. The first-order valence-corrected chi connectivity index (χ1v) is 9.72. The van der Waals surface area contributed by atoms with E-state index >= 15 is 0 Å². The molecular formula is C20H22FN3O2S. The molecule has 7 heteroatoms. The van der Waals surface area contributed by atoms with E-state index in [0.717, 1.165) is 0 Å². The number of thiazole rings is 1. The summed E-state index contributed by atoms with van der Waals surface area (Å²) >= 11 is 1.22. The molecule has 1 aliphatic rings. The molecule has 0 bridgehead atoms. The average Bonchev–Trinajstić information content (AvgIpc) is 3.39. The van der Waals surface area contributed by atoms with Crippen molar-refractivity contribution in [3.8, 4) is 0 Å². The lowest BCUT2D eigenvalue weighted by atomic mass is 10.2. The fourth-order valence-electron chi connectivity index (χ4n) is 2.87. The molecule has 1 fully saturated rings. The Bertz CT molecular complexity index is 876. The molecule has 0 saturated heterocycles. The maximum Gasteiger partial charge on any atom is 0.246 e. The van der Waals surface area contributed by atoms with E-state index in [9.17, 15) is 14.0 Å². The minimum atomic E-state index is -0.495. The molecule has 1 unspecified atom stereocenters. The van der Waals surface area contributed by atoms with Crippen molar-refractivity contribution in [2.45, 2.75) is 32.7 Å². The summed E-state index contributed by atoms with van der Waals surface area (Å²) < 4.78 is 14.1. The summed E-state index contributed by atoms with van der Waals surface area (Å²) in [5.41, 5.74) is 0.711. The lowest BCUT2D eigenvalue weighted by molar-refractivity contribution is -0.126. The lowest BCUT2D eigenvalue weighted by Gasteiger charge is -2.23. The highest BCUT2D eigenvalue weighted by Gasteiger charge is 2.31.